The van der Waals surface area contributed by atoms with Gasteiger partial charge in [-0.2, -0.15) is 0 Å². The number of nitrogens with zero attached hydrogens (tertiary/aromatic N) is 2. The Bertz CT molecular complexity index is 620. The maximum Gasteiger partial charge on any atom is 0.270 e. The molecule has 0 saturated carbocycles. The molecule has 1 heterocycles. The Morgan fingerprint density at radius 3 is 2.68 bits per heavy atom. The minimum Gasteiger partial charge on any atom is -0.487 e. The molecule has 0 unspecified atom stereocenters. The summed E-state index contributed by atoms with van der Waals surface area (Å²) in [5.74, 6) is 0.625. The van der Waals surface area contributed by atoms with E-state index in [1.165, 1.54) is 12.1 Å². The average Bonchev–Trinajstić information content (AvgIpc) is 2.37. The minimum atomic E-state index is -0.437. The van der Waals surface area contributed by atoms with Crippen LogP contribution in [0.25, 0.3) is 0 Å². The zero-order chi connectivity index (χ0) is 13.8. The summed E-state index contributed by atoms with van der Waals surface area (Å²) >= 11 is 6.60. The van der Waals surface area contributed by atoms with Crippen LogP contribution in [-0.4, -0.2) is 9.91 Å². The second-order valence-corrected chi connectivity index (χ2v) is 5.43. The van der Waals surface area contributed by atoms with Crippen molar-refractivity contribution in [2.75, 3.05) is 0 Å². The van der Waals surface area contributed by atoms with Gasteiger partial charge in [0.1, 0.15) is 12.4 Å². The molecule has 1 aromatic heterocycles. The minimum absolute atomic E-state index is 0.0414. The second kappa shape index (κ2) is 6.12. The van der Waals surface area contributed by atoms with E-state index >= 15 is 0 Å². The van der Waals surface area contributed by atoms with Crippen molar-refractivity contribution in [2.45, 2.75) is 6.61 Å². The van der Waals surface area contributed by atoms with Gasteiger partial charge in [-0.3, -0.25) is 15.1 Å². The van der Waals surface area contributed by atoms with Gasteiger partial charge < -0.3 is 4.74 Å². The molecule has 0 atom stereocenters. The predicted molar refractivity (Wildman–Crippen MR) is 77.1 cm³/mol. The molecule has 19 heavy (non-hydrogen) atoms. The first-order valence-electron chi connectivity index (χ1n) is 5.22. The molecule has 0 aliphatic carbocycles. The van der Waals surface area contributed by atoms with E-state index in [0.29, 0.717) is 16.8 Å². The lowest BCUT2D eigenvalue weighted by Crippen LogP contribution is -1.98. The Labute approximate surface area is 126 Å². The zero-order valence-corrected chi connectivity index (χ0v) is 12.7. The summed E-state index contributed by atoms with van der Waals surface area (Å²) in [4.78, 5) is 14.2. The Kier molecular flexibility index (Phi) is 4.49. The molecule has 0 radical (unpaired) electrons. The Balaban J connectivity index is 2.10. The van der Waals surface area contributed by atoms with Crippen LogP contribution < -0.4 is 4.74 Å². The van der Waals surface area contributed by atoms with E-state index in [4.69, 9.17) is 4.74 Å². The smallest absolute Gasteiger partial charge is 0.270 e. The van der Waals surface area contributed by atoms with Gasteiger partial charge in [-0.05, 0) is 28.1 Å². The molecule has 2 aromatic rings. The lowest BCUT2D eigenvalue weighted by Gasteiger charge is -2.07. The van der Waals surface area contributed by atoms with Crippen molar-refractivity contribution < 1.29 is 9.66 Å². The molecule has 0 amide bonds. The molecule has 0 aliphatic heterocycles. The topological polar surface area (TPSA) is 65.3 Å². The van der Waals surface area contributed by atoms with Crippen LogP contribution in [0.4, 0.5) is 5.69 Å². The summed E-state index contributed by atoms with van der Waals surface area (Å²) in [6, 6.07) is 6.36. The summed E-state index contributed by atoms with van der Waals surface area (Å²) in [5, 5.41) is 10.6. The van der Waals surface area contributed by atoms with E-state index in [9.17, 15) is 10.1 Å². The molecular formula is C12H8Br2N2O3. The summed E-state index contributed by atoms with van der Waals surface area (Å²) < 4.78 is 7.03. The quantitative estimate of drug-likeness (QED) is 0.585. The number of benzene rings is 1. The standard InChI is InChI=1S/C12H8Br2N2O3/c13-9-3-11(6-15-5-9)19-7-8-1-2-10(16(17)18)4-12(8)14/h1-6H,7H2. The van der Waals surface area contributed by atoms with Crippen LogP contribution in [0.5, 0.6) is 5.75 Å². The molecule has 0 aliphatic rings. The molecule has 98 valence electrons. The van der Waals surface area contributed by atoms with Crippen LogP contribution in [0.15, 0.2) is 45.6 Å². The number of non-ortho nitro benzene ring substituents is 1. The van der Waals surface area contributed by atoms with Crippen molar-refractivity contribution in [3.05, 3.63) is 61.3 Å². The Morgan fingerprint density at radius 1 is 1.26 bits per heavy atom. The number of aromatic nitrogens is 1. The fraction of sp³-hybridized carbons (Fsp3) is 0.0833. The highest BCUT2D eigenvalue weighted by molar-refractivity contribution is 9.10. The summed E-state index contributed by atoms with van der Waals surface area (Å²) in [5.41, 5.74) is 0.866. The Morgan fingerprint density at radius 2 is 2.05 bits per heavy atom. The largest absolute Gasteiger partial charge is 0.487 e. The van der Waals surface area contributed by atoms with E-state index in [-0.39, 0.29) is 5.69 Å². The number of nitro benzene ring substituents is 1. The number of halogens is 2. The van der Waals surface area contributed by atoms with E-state index in [1.54, 1.807) is 24.5 Å². The first-order chi connectivity index (χ1) is 9.06. The molecule has 7 heteroatoms. The van der Waals surface area contributed by atoms with Crippen LogP contribution in [-0.2, 0) is 6.61 Å². The predicted octanol–water partition coefficient (Wildman–Crippen LogP) is 4.09. The SMILES string of the molecule is O=[N+]([O-])c1ccc(COc2cncc(Br)c2)c(Br)c1. The van der Waals surface area contributed by atoms with Crippen LogP contribution >= 0.6 is 31.9 Å². The summed E-state index contributed by atoms with van der Waals surface area (Å²) in [6.07, 6.45) is 3.26. The van der Waals surface area contributed by atoms with Crippen LogP contribution in [0.3, 0.4) is 0 Å². The monoisotopic (exact) mass is 386 g/mol. The normalized spacial score (nSPS) is 10.2. The molecule has 0 spiro atoms. The van der Waals surface area contributed by atoms with Crippen molar-refractivity contribution in [1.82, 2.24) is 4.98 Å². The van der Waals surface area contributed by atoms with E-state index in [0.717, 1.165) is 10.0 Å². The molecule has 0 N–H and O–H groups in total. The Hall–Kier alpha value is -1.47. The van der Waals surface area contributed by atoms with Gasteiger partial charge in [0.15, 0.2) is 0 Å². The average molecular weight is 388 g/mol. The lowest BCUT2D eigenvalue weighted by atomic mass is 10.2. The fourth-order valence-corrected chi connectivity index (χ4v) is 2.22. The third-order valence-corrected chi connectivity index (χ3v) is 3.49. The van der Waals surface area contributed by atoms with Crippen LogP contribution in [0.2, 0.25) is 0 Å². The third-order valence-electron chi connectivity index (χ3n) is 2.32. The molecular weight excluding hydrogens is 380 g/mol. The number of ether oxygens (including phenoxy) is 1. The highest BCUT2D eigenvalue weighted by atomic mass is 79.9. The molecule has 2 rings (SSSR count). The number of nitro groups is 1. The van der Waals surface area contributed by atoms with Crippen LogP contribution in [0, 0.1) is 10.1 Å². The van der Waals surface area contributed by atoms with Gasteiger partial charge in [0.2, 0.25) is 0 Å². The van der Waals surface area contributed by atoms with Crippen molar-refractivity contribution in [2.24, 2.45) is 0 Å². The zero-order valence-electron chi connectivity index (χ0n) is 9.55. The third kappa shape index (κ3) is 3.74. The summed E-state index contributed by atoms with van der Waals surface area (Å²) in [7, 11) is 0. The van der Waals surface area contributed by atoms with E-state index in [1.807, 2.05) is 0 Å². The summed E-state index contributed by atoms with van der Waals surface area (Å²) in [6.45, 7) is 0.302. The molecule has 5 nitrogen and oxygen atoms in total. The van der Waals surface area contributed by atoms with Crippen molar-refractivity contribution in [1.29, 1.82) is 0 Å². The maximum atomic E-state index is 10.6. The van der Waals surface area contributed by atoms with Gasteiger partial charge in [-0.1, -0.05) is 15.9 Å². The molecule has 1 aromatic carbocycles. The fourth-order valence-electron chi connectivity index (χ4n) is 1.40. The molecule has 0 bridgehead atoms. The first-order valence-corrected chi connectivity index (χ1v) is 6.81. The number of hydrogen-bond donors (Lipinski definition) is 0. The lowest BCUT2D eigenvalue weighted by molar-refractivity contribution is -0.384. The maximum absolute atomic E-state index is 10.6. The number of hydrogen-bond acceptors (Lipinski definition) is 4. The van der Waals surface area contributed by atoms with Gasteiger partial charge in [-0.15, -0.1) is 0 Å². The van der Waals surface area contributed by atoms with Gasteiger partial charge in [0, 0.05) is 32.8 Å². The molecule has 0 saturated heterocycles. The van der Waals surface area contributed by atoms with E-state index in [2.05, 4.69) is 36.8 Å². The first kappa shape index (κ1) is 14.0. The highest BCUT2D eigenvalue weighted by Crippen LogP contribution is 2.24. The van der Waals surface area contributed by atoms with E-state index < -0.39 is 4.92 Å². The van der Waals surface area contributed by atoms with Gasteiger partial charge >= 0.3 is 0 Å². The van der Waals surface area contributed by atoms with Gasteiger partial charge in [0.25, 0.3) is 5.69 Å². The van der Waals surface area contributed by atoms with Crippen molar-refractivity contribution in [3.8, 4) is 5.75 Å². The second-order valence-electron chi connectivity index (χ2n) is 3.66. The highest BCUT2D eigenvalue weighted by Gasteiger charge is 2.09. The van der Waals surface area contributed by atoms with Gasteiger partial charge in [0.05, 0.1) is 11.1 Å². The van der Waals surface area contributed by atoms with Crippen molar-refractivity contribution >= 4 is 37.5 Å². The van der Waals surface area contributed by atoms with Crippen LogP contribution in [0.1, 0.15) is 5.56 Å². The number of rotatable bonds is 4. The van der Waals surface area contributed by atoms with Gasteiger partial charge in [-0.25, -0.2) is 0 Å². The van der Waals surface area contributed by atoms with Crippen molar-refractivity contribution in [3.63, 3.8) is 0 Å². The molecule has 0 fully saturated rings. The number of pyridine rings is 1.